The van der Waals surface area contributed by atoms with Crippen LogP contribution < -0.4 is 0 Å². The first-order chi connectivity index (χ1) is 14.0. The molecule has 1 saturated heterocycles. The van der Waals surface area contributed by atoms with Crippen LogP contribution in [-0.4, -0.2) is 65.5 Å². The molecule has 4 rings (SSSR count). The van der Waals surface area contributed by atoms with E-state index in [9.17, 15) is 4.79 Å². The van der Waals surface area contributed by atoms with Gasteiger partial charge in [-0.05, 0) is 44.2 Å². The van der Waals surface area contributed by atoms with Crippen molar-refractivity contribution < 1.29 is 9.32 Å². The molecule has 156 valence electrons. The van der Waals surface area contributed by atoms with Crippen LogP contribution in [-0.2, 0) is 17.8 Å². The summed E-state index contributed by atoms with van der Waals surface area (Å²) in [5, 5.41) is 4.05. The number of likely N-dealkylation sites (N-methyl/N-ethyl adjacent to an activating group) is 1. The smallest absolute Gasteiger partial charge is 0.237 e. The average molecular weight is 397 g/mol. The van der Waals surface area contributed by atoms with E-state index in [1.165, 1.54) is 16.7 Å². The quantitative estimate of drug-likeness (QED) is 0.778. The van der Waals surface area contributed by atoms with E-state index < -0.39 is 0 Å². The Morgan fingerprint density at radius 3 is 2.62 bits per heavy atom. The van der Waals surface area contributed by atoms with Crippen molar-refractivity contribution in [2.45, 2.75) is 45.7 Å². The zero-order valence-corrected chi connectivity index (χ0v) is 17.9. The number of fused-ring (bicyclic) bond motifs is 1. The monoisotopic (exact) mass is 396 g/mol. The first kappa shape index (κ1) is 20.1. The zero-order chi connectivity index (χ0) is 20.4. The highest BCUT2D eigenvalue weighted by Crippen LogP contribution is 2.33. The lowest BCUT2D eigenvalue weighted by Gasteiger charge is -2.37. The van der Waals surface area contributed by atoms with E-state index in [0.717, 1.165) is 63.4 Å². The van der Waals surface area contributed by atoms with E-state index in [1.54, 1.807) is 0 Å². The molecular weight excluding hydrogens is 364 g/mol. The minimum atomic E-state index is 0.216. The van der Waals surface area contributed by atoms with Crippen LogP contribution in [0.1, 0.15) is 47.0 Å². The van der Waals surface area contributed by atoms with Crippen molar-refractivity contribution in [3.63, 3.8) is 0 Å². The van der Waals surface area contributed by atoms with E-state index in [2.05, 4.69) is 39.2 Å². The van der Waals surface area contributed by atoms with Gasteiger partial charge in [0.15, 0.2) is 0 Å². The van der Waals surface area contributed by atoms with Gasteiger partial charge in [0, 0.05) is 45.3 Å². The second kappa shape index (κ2) is 8.67. The lowest BCUT2D eigenvalue weighted by atomic mass is 9.87. The fourth-order valence-corrected chi connectivity index (χ4v) is 4.66. The Balaban J connectivity index is 1.30. The van der Waals surface area contributed by atoms with E-state index in [4.69, 9.17) is 4.52 Å². The highest BCUT2D eigenvalue weighted by Gasteiger charge is 2.28. The van der Waals surface area contributed by atoms with Gasteiger partial charge >= 0.3 is 0 Å². The van der Waals surface area contributed by atoms with Crippen molar-refractivity contribution in [3.8, 4) is 0 Å². The van der Waals surface area contributed by atoms with Crippen LogP contribution in [0.15, 0.2) is 28.8 Å². The lowest BCUT2D eigenvalue weighted by molar-refractivity contribution is -0.134. The molecule has 1 aliphatic carbocycles. The Labute approximate surface area is 173 Å². The number of amides is 1. The molecule has 6 nitrogen and oxygen atoms in total. The normalized spacial score (nSPS) is 20.4. The van der Waals surface area contributed by atoms with Gasteiger partial charge in [-0.2, -0.15) is 0 Å². The maximum atomic E-state index is 13.0. The van der Waals surface area contributed by atoms with E-state index in [-0.39, 0.29) is 11.9 Å². The van der Waals surface area contributed by atoms with Gasteiger partial charge in [0.05, 0.1) is 18.3 Å². The van der Waals surface area contributed by atoms with E-state index in [0.29, 0.717) is 6.54 Å². The summed E-state index contributed by atoms with van der Waals surface area (Å²) in [6.07, 6.45) is 3.34. The van der Waals surface area contributed by atoms with Crippen LogP contribution in [0.25, 0.3) is 0 Å². The summed E-state index contributed by atoms with van der Waals surface area (Å²) in [6.45, 7) is 9.13. The van der Waals surface area contributed by atoms with Crippen LogP contribution in [0.2, 0.25) is 0 Å². The molecule has 1 aromatic heterocycles. The lowest BCUT2D eigenvalue weighted by Crippen LogP contribution is -2.49. The Morgan fingerprint density at radius 2 is 1.90 bits per heavy atom. The number of carbonyl (C=O) groups excluding carboxylic acids is 1. The zero-order valence-electron chi connectivity index (χ0n) is 17.9. The molecule has 0 bridgehead atoms. The van der Waals surface area contributed by atoms with Gasteiger partial charge in [-0.25, -0.2) is 0 Å². The number of hydrogen-bond acceptors (Lipinski definition) is 5. The molecule has 1 aliphatic heterocycles. The average Bonchev–Trinajstić information content (AvgIpc) is 3.06. The minimum absolute atomic E-state index is 0.216. The summed E-state index contributed by atoms with van der Waals surface area (Å²) in [5.41, 5.74) is 4.91. The Kier molecular flexibility index (Phi) is 6.01. The van der Waals surface area contributed by atoms with Gasteiger partial charge < -0.3 is 9.42 Å². The fraction of sp³-hybridized carbons (Fsp3) is 0.565. The number of aromatic nitrogens is 1. The third-order valence-electron chi connectivity index (χ3n) is 6.59. The summed E-state index contributed by atoms with van der Waals surface area (Å²) >= 11 is 0. The van der Waals surface area contributed by atoms with Crippen molar-refractivity contribution in [1.29, 1.82) is 0 Å². The molecule has 0 radical (unpaired) electrons. The molecule has 2 heterocycles. The van der Waals surface area contributed by atoms with Crippen molar-refractivity contribution in [2.75, 3.05) is 39.8 Å². The molecule has 1 unspecified atom stereocenters. The van der Waals surface area contributed by atoms with Crippen molar-refractivity contribution in [1.82, 2.24) is 19.9 Å². The molecule has 2 aromatic rings. The van der Waals surface area contributed by atoms with Gasteiger partial charge in [-0.15, -0.1) is 0 Å². The van der Waals surface area contributed by atoms with E-state index >= 15 is 0 Å². The number of hydrogen-bond donors (Lipinski definition) is 0. The highest BCUT2D eigenvalue weighted by molar-refractivity contribution is 5.78. The largest absolute Gasteiger partial charge is 0.361 e. The van der Waals surface area contributed by atoms with Crippen molar-refractivity contribution in [3.05, 3.63) is 52.4 Å². The summed E-state index contributed by atoms with van der Waals surface area (Å²) in [4.78, 5) is 19.7. The molecule has 29 heavy (non-hydrogen) atoms. The summed E-state index contributed by atoms with van der Waals surface area (Å²) in [6, 6.07) is 8.81. The number of rotatable bonds is 5. The Hall–Kier alpha value is -2.18. The van der Waals surface area contributed by atoms with Crippen LogP contribution in [0.5, 0.6) is 0 Å². The number of carbonyl (C=O) groups is 1. The summed E-state index contributed by atoms with van der Waals surface area (Å²) < 4.78 is 5.28. The van der Waals surface area contributed by atoms with E-state index in [1.807, 2.05) is 25.8 Å². The molecule has 0 N–H and O–H groups in total. The molecule has 6 heteroatoms. The van der Waals surface area contributed by atoms with Gasteiger partial charge in [0.2, 0.25) is 5.91 Å². The number of piperazine rings is 1. The number of aryl methyl sites for hydroxylation is 3. The van der Waals surface area contributed by atoms with Crippen molar-refractivity contribution in [2.24, 2.45) is 0 Å². The molecule has 0 saturated carbocycles. The molecule has 2 aliphatic rings. The standard InChI is InChI=1S/C23H32N4O2/c1-17-21(18(2)29-24-17)15-26-11-13-27(14-12-26)16-23(28)25(3)22-10-6-8-19-7-4-5-9-20(19)22/h4-5,7,9,22H,6,8,10-16H2,1-3H3. The SMILES string of the molecule is Cc1noc(C)c1CN1CCN(CC(=O)N(C)C2CCCc3ccccc32)CC1. The number of benzene rings is 1. The van der Waals surface area contributed by atoms with Gasteiger partial charge in [0.1, 0.15) is 5.76 Å². The highest BCUT2D eigenvalue weighted by atomic mass is 16.5. The van der Waals surface area contributed by atoms with Gasteiger partial charge in [0.25, 0.3) is 0 Å². The molecule has 0 spiro atoms. The third-order valence-corrected chi connectivity index (χ3v) is 6.59. The maximum absolute atomic E-state index is 13.0. The number of nitrogens with zero attached hydrogens (tertiary/aromatic N) is 4. The Bertz CT molecular complexity index is 835. The predicted octanol–water partition coefficient (Wildman–Crippen LogP) is 2.95. The molecule has 1 aromatic carbocycles. The maximum Gasteiger partial charge on any atom is 0.237 e. The Morgan fingerprint density at radius 1 is 1.17 bits per heavy atom. The van der Waals surface area contributed by atoms with Gasteiger partial charge in [-0.1, -0.05) is 29.4 Å². The van der Waals surface area contributed by atoms with Gasteiger partial charge in [-0.3, -0.25) is 14.6 Å². The first-order valence-electron chi connectivity index (χ1n) is 10.7. The molecular formula is C23H32N4O2. The summed E-state index contributed by atoms with van der Waals surface area (Å²) in [5.74, 6) is 1.14. The molecule has 1 atom stereocenters. The second-order valence-electron chi connectivity index (χ2n) is 8.47. The molecule has 1 fully saturated rings. The van der Waals surface area contributed by atoms with Crippen LogP contribution in [0, 0.1) is 13.8 Å². The van der Waals surface area contributed by atoms with Crippen LogP contribution in [0.3, 0.4) is 0 Å². The second-order valence-corrected chi connectivity index (χ2v) is 8.47. The first-order valence-corrected chi connectivity index (χ1v) is 10.7. The van der Waals surface area contributed by atoms with Crippen LogP contribution >= 0.6 is 0 Å². The minimum Gasteiger partial charge on any atom is -0.361 e. The van der Waals surface area contributed by atoms with Crippen LogP contribution in [0.4, 0.5) is 0 Å². The molecule has 1 amide bonds. The fourth-order valence-electron chi connectivity index (χ4n) is 4.66. The topological polar surface area (TPSA) is 52.8 Å². The predicted molar refractivity (Wildman–Crippen MR) is 113 cm³/mol. The third kappa shape index (κ3) is 4.38. The summed E-state index contributed by atoms with van der Waals surface area (Å²) in [7, 11) is 1.98. The van der Waals surface area contributed by atoms with Crippen molar-refractivity contribution >= 4 is 5.91 Å².